The van der Waals surface area contributed by atoms with Gasteiger partial charge in [-0.05, 0) is 51.1 Å². The zero-order valence-corrected chi connectivity index (χ0v) is 12.3. The predicted octanol–water partition coefficient (Wildman–Crippen LogP) is 3.08. The van der Waals surface area contributed by atoms with Crippen LogP contribution in [0.4, 0.5) is 5.69 Å². The van der Waals surface area contributed by atoms with Crippen molar-refractivity contribution in [1.82, 2.24) is 5.32 Å². The molecule has 0 saturated carbocycles. The van der Waals surface area contributed by atoms with Crippen LogP contribution < -0.4 is 10.6 Å². The summed E-state index contributed by atoms with van der Waals surface area (Å²) in [6.07, 6.45) is 0. The third-order valence-electron chi connectivity index (χ3n) is 2.49. The standard InChI is InChI=1S/C13H19BrN2O/c1-5-15-13(3,4)12(17)16-11-7-9(2)6-10(14)8-11/h6-8,15H,5H2,1-4H3,(H,16,17). The summed E-state index contributed by atoms with van der Waals surface area (Å²) in [7, 11) is 0. The molecule has 4 heteroatoms. The number of nitrogens with one attached hydrogen (secondary N) is 2. The SMILES string of the molecule is CCNC(C)(C)C(=O)Nc1cc(C)cc(Br)c1. The quantitative estimate of drug-likeness (QED) is 0.897. The second-order valence-electron chi connectivity index (χ2n) is 4.63. The Hall–Kier alpha value is -0.870. The monoisotopic (exact) mass is 298 g/mol. The van der Waals surface area contributed by atoms with Gasteiger partial charge in [-0.15, -0.1) is 0 Å². The van der Waals surface area contributed by atoms with E-state index in [0.717, 1.165) is 22.3 Å². The molecule has 94 valence electrons. The van der Waals surface area contributed by atoms with Crippen molar-refractivity contribution >= 4 is 27.5 Å². The zero-order valence-electron chi connectivity index (χ0n) is 10.7. The summed E-state index contributed by atoms with van der Waals surface area (Å²) in [6.45, 7) is 8.49. The molecule has 3 nitrogen and oxygen atoms in total. The first kappa shape index (κ1) is 14.2. The molecule has 0 aliphatic heterocycles. The average Bonchev–Trinajstić information content (AvgIpc) is 2.15. The molecule has 17 heavy (non-hydrogen) atoms. The van der Waals surface area contributed by atoms with Crippen LogP contribution >= 0.6 is 15.9 Å². The number of anilines is 1. The van der Waals surface area contributed by atoms with E-state index in [1.54, 1.807) is 0 Å². The number of carbonyl (C=O) groups excluding carboxylic acids is 1. The van der Waals surface area contributed by atoms with Crippen LogP contribution in [-0.4, -0.2) is 18.0 Å². The maximum absolute atomic E-state index is 12.1. The Labute approximate surface area is 111 Å². The van der Waals surface area contributed by atoms with Crippen molar-refractivity contribution in [3.63, 3.8) is 0 Å². The van der Waals surface area contributed by atoms with E-state index in [0.29, 0.717) is 0 Å². The molecule has 1 amide bonds. The van der Waals surface area contributed by atoms with Crippen molar-refractivity contribution in [2.45, 2.75) is 33.2 Å². The van der Waals surface area contributed by atoms with E-state index in [9.17, 15) is 4.79 Å². The summed E-state index contributed by atoms with van der Waals surface area (Å²) in [4.78, 5) is 12.1. The molecule has 0 aliphatic rings. The van der Waals surface area contributed by atoms with E-state index in [2.05, 4.69) is 26.6 Å². The van der Waals surface area contributed by atoms with Gasteiger partial charge in [0.25, 0.3) is 0 Å². The van der Waals surface area contributed by atoms with Crippen molar-refractivity contribution in [3.05, 3.63) is 28.2 Å². The number of likely N-dealkylation sites (N-methyl/N-ethyl adjacent to an activating group) is 1. The van der Waals surface area contributed by atoms with Gasteiger partial charge in [0.15, 0.2) is 0 Å². The van der Waals surface area contributed by atoms with Gasteiger partial charge in [0.05, 0.1) is 5.54 Å². The first-order valence-corrected chi connectivity index (χ1v) is 6.48. The highest BCUT2D eigenvalue weighted by Crippen LogP contribution is 2.20. The van der Waals surface area contributed by atoms with Crippen LogP contribution in [0.25, 0.3) is 0 Å². The highest BCUT2D eigenvalue weighted by Gasteiger charge is 2.26. The lowest BCUT2D eigenvalue weighted by molar-refractivity contribution is -0.121. The van der Waals surface area contributed by atoms with Gasteiger partial charge in [0.1, 0.15) is 0 Å². The molecular formula is C13H19BrN2O. The highest BCUT2D eigenvalue weighted by molar-refractivity contribution is 9.10. The molecule has 0 aromatic heterocycles. The second kappa shape index (κ2) is 5.65. The molecule has 0 spiro atoms. The smallest absolute Gasteiger partial charge is 0.244 e. The van der Waals surface area contributed by atoms with E-state index < -0.39 is 5.54 Å². The van der Waals surface area contributed by atoms with Crippen molar-refractivity contribution in [2.75, 3.05) is 11.9 Å². The fraction of sp³-hybridized carbons (Fsp3) is 0.462. The maximum atomic E-state index is 12.1. The second-order valence-corrected chi connectivity index (χ2v) is 5.54. The predicted molar refractivity (Wildman–Crippen MR) is 75.3 cm³/mol. The molecule has 0 aliphatic carbocycles. The number of amides is 1. The van der Waals surface area contributed by atoms with Gasteiger partial charge >= 0.3 is 0 Å². The lowest BCUT2D eigenvalue weighted by Gasteiger charge is -2.24. The number of halogens is 1. The van der Waals surface area contributed by atoms with Gasteiger partial charge < -0.3 is 10.6 Å². The Kier molecular flexibility index (Phi) is 4.71. The summed E-state index contributed by atoms with van der Waals surface area (Å²) in [6, 6.07) is 5.85. The van der Waals surface area contributed by atoms with Crippen LogP contribution in [0.3, 0.4) is 0 Å². The van der Waals surface area contributed by atoms with Crippen LogP contribution in [0.15, 0.2) is 22.7 Å². The van der Waals surface area contributed by atoms with E-state index in [4.69, 9.17) is 0 Å². The first-order chi connectivity index (χ1) is 7.85. The minimum atomic E-state index is -0.565. The Morgan fingerprint density at radius 3 is 2.53 bits per heavy atom. The average molecular weight is 299 g/mol. The van der Waals surface area contributed by atoms with Crippen molar-refractivity contribution in [2.24, 2.45) is 0 Å². The zero-order chi connectivity index (χ0) is 13.1. The molecule has 0 atom stereocenters. The van der Waals surface area contributed by atoms with Gasteiger partial charge in [-0.25, -0.2) is 0 Å². The third kappa shape index (κ3) is 4.13. The molecule has 0 unspecified atom stereocenters. The van der Waals surface area contributed by atoms with Crippen molar-refractivity contribution in [3.8, 4) is 0 Å². The minimum Gasteiger partial charge on any atom is -0.324 e. The third-order valence-corrected chi connectivity index (χ3v) is 2.94. The van der Waals surface area contributed by atoms with Gasteiger partial charge in [-0.3, -0.25) is 4.79 Å². The Bertz CT molecular complexity index is 396. The van der Waals surface area contributed by atoms with Crippen molar-refractivity contribution in [1.29, 1.82) is 0 Å². The van der Waals surface area contributed by atoms with E-state index in [1.165, 1.54) is 0 Å². The molecule has 1 rings (SSSR count). The Balaban J connectivity index is 2.80. The van der Waals surface area contributed by atoms with Crippen molar-refractivity contribution < 1.29 is 4.79 Å². The molecule has 0 radical (unpaired) electrons. The minimum absolute atomic E-state index is 0.0307. The molecule has 0 bridgehead atoms. The number of hydrogen-bond acceptors (Lipinski definition) is 2. The highest BCUT2D eigenvalue weighted by atomic mass is 79.9. The maximum Gasteiger partial charge on any atom is 0.244 e. The number of hydrogen-bond donors (Lipinski definition) is 2. The van der Waals surface area contributed by atoms with Crippen LogP contribution in [0.1, 0.15) is 26.3 Å². The van der Waals surface area contributed by atoms with E-state index >= 15 is 0 Å². The lowest BCUT2D eigenvalue weighted by Crippen LogP contribution is -2.49. The Morgan fingerprint density at radius 1 is 1.35 bits per heavy atom. The summed E-state index contributed by atoms with van der Waals surface area (Å²) in [5.74, 6) is -0.0307. The summed E-state index contributed by atoms with van der Waals surface area (Å²) < 4.78 is 0.967. The van der Waals surface area contributed by atoms with Gasteiger partial charge in [-0.2, -0.15) is 0 Å². The normalized spacial score (nSPS) is 11.4. The fourth-order valence-electron chi connectivity index (χ4n) is 1.62. The van der Waals surface area contributed by atoms with Crippen LogP contribution in [0, 0.1) is 6.92 Å². The summed E-state index contributed by atoms with van der Waals surface area (Å²) in [5, 5.41) is 6.06. The van der Waals surface area contributed by atoms with Crippen LogP contribution in [0.5, 0.6) is 0 Å². The number of carbonyl (C=O) groups is 1. The lowest BCUT2D eigenvalue weighted by atomic mass is 10.0. The molecule has 0 fully saturated rings. The number of rotatable bonds is 4. The molecule has 0 heterocycles. The largest absolute Gasteiger partial charge is 0.324 e. The summed E-state index contributed by atoms with van der Waals surface area (Å²) >= 11 is 3.42. The van der Waals surface area contributed by atoms with Crippen LogP contribution in [-0.2, 0) is 4.79 Å². The van der Waals surface area contributed by atoms with Gasteiger partial charge in [-0.1, -0.05) is 22.9 Å². The van der Waals surface area contributed by atoms with E-state index in [1.807, 2.05) is 45.9 Å². The molecule has 2 N–H and O–H groups in total. The fourth-order valence-corrected chi connectivity index (χ4v) is 2.23. The first-order valence-electron chi connectivity index (χ1n) is 5.69. The van der Waals surface area contributed by atoms with Crippen LogP contribution in [0.2, 0.25) is 0 Å². The topological polar surface area (TPSA) is 41.1 Å². The van der Waals surface area contributed by atoms with Gasteiger partial charge in [0, 0.05) is 10.2 Å². The molecule has 1 aromatic carbocycles. The summed E-state index contributed by atoms with van der Waals surface area (Å²) in [5.41, 5.74) is 1.36. The number of aryl methyl sites for hydroxylation is 1. The number of benzene rings is 1. The Morgan fingerprint density at radius 2 is 2.00 bits per heavy atom. The van der Waals surface area contributed by atoms with E-state index in [-0.39, 0.29) is 5.91 Å². The molecule has 0 saturated heterocycles. The molecule has 1 aromatic rings. The van der Waals surface area contributed by atoms with Gasteiger partial charge in [0.2, 0.25) is 5.91 Å². The molecular weight excluding hydrogens is 280 g/mol.